The van der Waals surface area contributed by atoms with Gasteiger partial charge < -0.3 is 4.57 Å². The highest BCUT2D eigenvalue weighted by molar-refractivity contribution is 5.29. The summed E-state index contributed by atoms with van der Waals surface area (Å²) < 4.78 is 2.35. The second kappa shape index (κ2) is 3.15. The highest BCUT2D eigenvalue weighted by Crippen LogP contribution is 2.29. The minimum absolute atomic E-state index is 0.188. The van der Waals surface area contributed by atoms with Crippen molar-refractivity contribution in [2.45, 2.75) is 59.4 Å². The summed E-state index contributed by atoms with van der Waals surface area (Å²) in [5.74, 6) is 0. The lowest BCUT2D eigenvalue weighted by Crippen LogP contribution is -2.23. The molecule has 14 heavy (non-hydrogen) atoms. The van der Waals surface area contributed by atoms with Crippen molar-refractivity contribution in [1.82, 2.24) is 4.57 Å². The first-order valence-electron chi connectivity index (χ1n) is 5.33. The Morgan fingerprint density at radius 3 is 1.71 bits per heavy atom. The molecule has 0 saturated carbocycles. The van der Waals surface area contributed by atoms with Crippen LogP contribution in [0.25, 0.3) is 0 Å². The maximum atomic E-state index is 2.35. The second-order valence-electron chi connectivity index (χ2n) is 6.11. The van der Waals surface area contributed by atoms with Crippen molar-refractivity contribution in [3.63, 3.8) is 0 Å². The van der Waals surface area contributed by atoms with Crippen molar-refractivity contribution < 1.29 is 0 Å². The number of hydrogen-bond acceptors (Lipinski definition) is 0. The van der Waals surface area contributed by atoms with Gasteiger partial charge in [-0.25, -0.2) is 0 Å². The molecule has 0 aliphatic rings. The molecular weight excluding hydrogens is 170 g/mol. The van der Waals surface area contributed by atoms with E-state index < -0.39 is 0 Å². The topological polar surface area (TPSA) is 4.93 Å². The Kier molecular flexibility index (Phi) is 2.55. The van der Waals surface area contributed by atoms with Crippen LogP contribution in [0.5, 0.6) is 0 Å². The summed E-state index contributed by atoms with van der Waals surface area (Å²) in [6.45, 7) is 15.7. The van der Waals surface area contributed by atoms with Crippen LogP contribution < -0.4 is 0 Å². The molecule has 1 rings (SSSR count). The third-order valence-electron chi connectivity index (χ3n) is 2.67. The summed E-state index contributed by atoms with van der Waals surface area (Å²) in [5.41, 5.74) is 3.28. The minimum atomic E-state index is 0.188. The van der Waals surface area contributed by atoms with E-state index in [4.69, 9.17) is 0 Å². The molecule has 0 bridgehead atoms. The largest absolute Gasteiger partial charge is 0.346 e. The fourth-order valence-electron chi connectivity index (χ4n) is 2.03. The zero-order chi connectivity index (χ0) is 11.1. The Morgan fingerprint density at radius 2 is 1.50 bits per heavy atom. The Hall–Kier alpha value is -0.720. The Morgan fingerprint density at radius 1 is 1.00 bits per heavy atom. The van der Waals surface area contributed by atoms with Crippen LogP contribution in [-0.2, 0) is 11.0 Å². The van der Waals surface area contributed by atoms with Gasteiger partial charge >= 0.3 is 0 Å². The molecule has 0 aromatic carbocycles. The number of nitrogens with zero attached hydrogens (tertiary/aromatic N) is 1. The lowest BCUT2D eigenvalue weighted by Gasteiger charge is -2.26. The third kappa shape index (κ3) is 2.02. The van der Waals surface area contributed by atoms with Gasteiger partial charge in [0.25, 0.3) is 0 Å². The molecule has 0 amide bonds. The van der Waals surface area contributed by atoms with E-state index in [1.165, 1.54) is 11.3 Å². The maximum absolute atomic E-state index is 2.35. The van der Waals surface area contributed by atoms with Gasteiger partial charge in [-0.1, -0.05) is 20.8 Å². The van der Waals surface area contributed by atoms with Gasteiger partial charge in [-0.05, 0) is 44.7 Å². The van der Waals surface area contributed by atoms with Crippen molar-refractivity contribution in [3.8, 4) is 0 Å². The van der Waals surface area contributed by atoms with Crippen LogP contribution in [0.15, 0.2) is 12.3 Å². The van der Waals surface area contributed by atoms with Crippen LogP contribution in [0.3, 0.4) is 0 Å². The summed E-state index contributed by atoms with van der Waals surface area (Å²) in [6, 6.07) is 2.25. The third-order valence-corrected chi connectivity index (χ3v) is 2.67. The SMILES string of the molecule is Cc1c(C(C)(C)C)ccn1C(C)(C)C. The van der Waals surface area contributed by atoms with Gasteiger partial charge in [-0.3, -0.25) is 0 Å². The minimum Gasteiger partial charge on any atom is -0.346 e. The predicted molar refractivity (Wildman–Crippen MR) is 62.9 cm³/mol. The quantitative estimate of drug-likeness (QED) is 0.590. The van der Waals surface area contributed by atoms with E-state index in [1.54, 1.807) is 0 Å². The van der Waals surface area contributed by atoms with E-state index in [1.807, 2.05) is 0 Å². The Bertz CT molecular complexity index is 286. The molecule has 0 spiro atoms. The van der Waals surface area contributed by atoms with Crippen LogP contribution in [0.1, 0.15) is 52.8 Å². The van der Waals surface area contributed by atoms with Crippen molar-refractivity contribution in [3.05, 3.63) is 23.5 Å². The van der Waals surface area contributed by atoms with Crippen LogP contribution in [0, 0.1) is 6.92 Å². The summed E-state index contributed by atoms with van der Waals surface area (Å²) in [4.78, 5) is 0. The van der Waals surface area contributed by atoms with E-state index in [-0.39, 0.29) is 11.0 Å². The van der Waals surface area contributed by atoms with Gasteiger partial charge in [0.2, 0.25) is 0 Å². The molecule has 1 aromatic heterocycles. The van der Waals surface area contributed by atoms with E-state index in [9.17, 15) is 0 Å². The summed E-state index contributed by atoms with van der Waals surface area (Å²) in [5, 5.41) is 0. The molecule has 0 aliphatic carbocycles. The van der Waals surface area contributed by atoms with Gasteiger partial charge in [0.15, 0.2) is 0 Å². The van der Waals surface area contributed by atoms with Crippen molar-refractivity contribution >= 4 is 0 Å². The van der Waals surface area contributed by atoms with Crippen LogP contribution in [0.4, 0.5) is 0 Å². The highest BCUT2D eigenvalue weighted by Gasteiger charge is 2.22. The molecule has 1 nitrogen and oxygen atoms in total. The first kappa shape index (κ1) is 11.4. The molecule has 0 saturated heterocycles. The molecule has 0 unspecified atom stereocenters. The van der Waals surface area contributed by atoms with Gasteiger partial charge in [-0.15, -0.1) is 0 Å². The maximum Gasteiger partial charge on any atom is 0.0358 e. The molecule has 0 aliphatic heterocycles. The number of rotatable bonds is 0. The highest BCUT2D eigenvalue weighted by atomic mass is 15.0. The van der Waals surface area contributed by atoms with Crippen LogP contribution in [0.2, 0.25) is 0 Å². The monoisotopic (exact) mass is 193 g/mol. The average molecular weight is 193 g/mol. The van der Waals surface area contributed by atoms with Gasteiger partial charge in [-0.2, -0.15) is 0 Å². The van der Waals surface area contributed by atoms with E-state index in [2.05, 4.69) is 65.3 Å². The lowest BCUT2D eigenvalue weighted by atomic mass is 9.87. The van der Waals surface area contributed by atoms with E-state index in [0.717, 1.165) is 0 Å². The molecule has 0 N–H and O–H groups in total. The molecule has 1 aromatic rings. The van der Waals surface area contributed by atoms with Gasteiger partial charge in [0.1, 0.15) is 0 Å². The molecule has 1 heterocycles. The Labute approximate surface area is 88.1 Å². The smallest absolute Gasteiger partial charge is 0.0358 e. The summed E-state index contributed by atoms with van der Waals surface area (Å²) in [7, 11) is 0. The molecule has 1 heteroatoms. The average Bonchev–Trinajstić information content (AvgIpc) is 2.26. The number of aromatic nitrogens is 1. The van der Waals surface area contributed by atoms with Gasteiger partial charge in [0.05, 0.1) is 0 Å². The van der Waals surface area contributed by atoms with Gasteiger partial charge in [0, 0.05) is 17.4 Å². The first-order valence-corrected chi connectivity index (χ1v) is 5.33. The number of hydrogen-bond donors (Lipinski definition) is 0. The molecule has 80 valence electrons. The fraction of sp³-hybridized carbons (Fsp3) is 0.692. The lowest BCUT2D eigenvalue weighted by molar-refractivity contribution is 0.388. The van der Waals surface area contributed by atoms with Crippen molar-refractivity contribution in [1.29, 1.82) is 0 Å². The standard InChI is InChI=1S/C13H23N/c1-10-11(12(2,3)4)8-9-14(10)13(5,6)7/h8-9H,1-7H3. The fourth-order valence-corrected chi connectivity index (χ4v) is 2.03. The van der Waals surface area contributed by atoms with E-state index in [0.29, 0.717) is 0 Å². The molecule has 0 atom stereocenters. The van der Waals surface area contributed by atoms with Crippen molar-refractivity contribution in [2.75, 3.05) is 0 Å². The normalized spacial score (nSPS) is 13.4. The zero-order valence-electron chi connectivity index (χ0n) is 10.6. The van der Waals surface area contributed by atoms with Crippen molar-refractivity contribution in [2.24, 2.45) is 0 Å². The zero-order valence-corrected chi connectivity index (χ0v) is 10.6. The summed E-state index contributed by atoms with van der Waals surface area (Å²) in [6.07, 6.45) is 2.20. The molecular formula is C13H23N. The second-order valence-corrected chi connectivity index (χ2v) is 6.11. The molecule has 0 radical (unpaired) electrons. The first-order chi connectivity index (χ1) is 6.14. The van der Waals surface area contributed by atoms with Crippen LogP contribution >= 0.6 is 0 Å². The predicted octanol–water partition coefficient (Wildman–Crippen LogP) is 3.85. The van der Waals surface area contributed by atoms with E-state index >= 15 is 0 Å². The summed E-state index contributed by atoms with van der Waals surface area (Å²) >= 11 is 0. The van der Waals surface area contributed by atoms with Crippen LogP contribution in [-0.4, -0.2) is 4.57 Å². The Balaban J connectivity index is 3.23. The molecule has 0 fully saturated rings.